The molecule has 0 nitrogen and oxygen atoms in total. The zero-order valence-electron chi connectivity index (χ0n) is 11.3. The van der Waals surface area contributed by atoms with Crippen molar-refractivity contribution in [1.82, 2.24) is 0 Å². The Kier molecular flexibility index (Phi) is 4.35. The van der Waals surface area contributed by atoms with Crippen LogP contribution in [-0.2, 0) is 6.42 Å². The van der Waals surface area contributed by atoms with Crippen molar-refractivity contribution in [2.45, 2.75) is 47.5 Å². The normalized spacial score (nSPS) is 13.6. The van der Waals surface area contributed by atoms with Gasteiger partial charge in [-0.3, -0.25) is 0 Å². The fourth-order valence-corrected chi connectivity index (χ4v) is 2.00. The Morgan fingerprint density at radius 1 is 0.938 bits per heavy atom. The van der Waals surface area contributed by atoms with Crippen LogP contribution in [0.15, 0.2) is 41.5 Å². The van der Waals surface area contributed by atoms with Crippen LogP contribution in [0.25, 0.3) is 0 Å². The SMILES string of the molecule is C/C(Cc1ccccc1)=C(\C)CC(C)(C)C. The van der Waals surface area contributed by atoms with Crippen LogP contribution in [-0.4, -0.2) is 0 Å². The van der Waals surface area contributed by atoms with Crippen molar-refractivity contribution in [1.29, 1.82) is 0 Å². The Labute approximate surface area is 100 Å². The Balaban J connectivity index is 2.70. The summed E-state index contributed by atoms with van der Waals surface area (Å²) in [4.78, 5) is 0. The molecule has 0 aliphatic heterocycles. The molecule has 0 saturated heterocycles. The summed E-state index contributed by atoms with van der Waals surface area (Å²) in [7, 11) is 0. The van der Waals surface area contributed by atoms with Gasteiger partial charge in [0.05, 0.1) is 0 Å². The van der Waals surface area contributed by atoms with Crippen LogP contribution in [0.3, 0.4) is 0 Å². The molecule has 0 amide bonds. The van der Waals surface area contributed by atoms with Crippen LogP contribution in [0.5, 0.6) is 0 Å². The van der Waals surface area contributed by atoms with E-state index in [0.717, 1.165) is 6.42 Å². The first-order chi connectivity index (χ1) is 7.38. The van der Waals surface area contributed by atoms with Crippen LogP contribution in [0.4, 0.5) is 0 Å². The van der Waals surface area contributed by atoms with Gasteiger partial charge in [-0.05, 0) is 37.7 Å². The van der Waals surface area contributed by atoms with Crippen molar-refractivity contribution in [2.24, 2.45) is 5.41 Å². The molecule has 1 rings (SSSR count). The van der Waals surface area contributed by atoms with E-state index < -0.39 is 0 Å². The highest BCUT2D eigenvalue weighted by Crippen LogP contribution is 2.26. The molecule has 0 aromatic heterocycles. The minimum atomic E-state index is 0.391. The number of benzene rings is 1. The summed E-state index contributed by atoms with van der Waals surface area (Å²) in [6, 6.07) is 10.7. The number of hydrogen-bond donors (Lipinski definition) is 0. The smallest absolute Gasteiger partial charge is 0.00673 e. The standard InChI is InChI=1S/C16H24/c1-13(14(2)12-16(3,4)5)11-15-9-7-6-8-10-15/h6-10H,11-12H2,1-5H3/b14-13-. The topological polar surface area (TPSA) is 0 Å². The fraction of sp³-hybridized carbons (Fsp3) is 0.500. The molecular weight excluding hydrogens is 192 g/mol. The van der Waals surface area contributed by atoms with Gasteiger partial charge in [-0.25, -0.2) is 0 Å². The summed E-state index contributed by atoms with van der Waals surface area (Å²) < 4.78 is 0. The van der Waals surface area contributed by atoms with Crippen LogP contribution in [0.2, 0.25) is 0 Å². The summed E-state index contributed by atoms with van der Waals surface area (Å²) in [6.07, 6.45) is 2.27. The number of hydrogen-bond acceptors (Lipinski definition) is 0. The van der Waals surface area contributed by atoms with Gasteiger partial charge in [0.15, 0.2) is 0 Å². The predicted octanol–water partition coefficient (Wildman–Crippen LogP) is 5.00. The molecule has 88 valence electrons. The molecular formula is C16H24. The second-order valence-corrected chi connectivity index (χ2v) is 5.96. The highest BCUT2D eigenvalue weighted by molar-refractivity contribution is 5.23. The average Bonchev–Trinajstić information content (AvgIpc) is 2.16. The highest BCUT2D eigenvalue weighted by Gasteiger charge is 2.12. The summed E-state index contributed by atoms with van der Waals surface area (Å²) in [5.74, 6) is 0. The van der Waals surface area contributed by atoms with Crippen LogP contribution < -0.4 is 0 Å². The van der Waals surface area contributed by atoms with Gasteiger partial charge in [0.1, 0.15) is 0 Å². The molecule has 1 aromatic rings. The van der Waals surface area contributed by atoms with E-state index in [0.29, 0.717) is 5.41 Å². The third-order valence-corrected chi connectivity index (χ3v) is 2.84. The van der Waals surface area contributed by atoms with Crippen LogP contribution in [0, 0.1) is 5.41 Å². The lowest BCUT2D eigenvalue weighted by Gasteiger charge is -2.20. The first kappa shape index (κ1) is 13.0. The summed E-state index contributed by atoms with van der Waals surface area (Å²) in [5, 5.41) is 0. The number of allylic oxidation sites excluding steroid dienone is 2. The predicted molar refractivity (Wildman–Crippen MR) is 72.6 cm³/mol. The molecule has 0 spiro atoms. The third kappa shape index (κ3) is 4.65. The Morgan fingerprint density at radius 2 is 1.50 bits per heavy atom. The Bertz CT molecular complexity index is 349. The van der Waals surface area contributed by atoms with Gasteiger partial charge in [0.25, 0.3) is 0 Å². The Morgan fingerprint density at radius 3 is 2.00 bits per heavy atom. The maximum atomic E-state index is 2.30. The summed E-state index contributed by atoms with van der Waals surface area (Å²) in [5.41, 5.74) is 4.85. The van der Waals surface area contributed by atoms with Gasteiger partial charge >= 0.3 is 0 Å². The van der Waals surface area contributed by atoms with Gasteiger partial charge in [0.2, 0.25) is 0 Å². The van der Waals surface area contributed by atoms with Gasteiger partial charge in [-0.1, -0.05) is 62.2 Å². The summed E-state index contributed by atoms with van der Waals surface area (Å²) in [6.45, 7) is 11.4. The molecule has 0 unspecified atom stereocenters. The van der Waals surface area contributed by atoms with E-state index in [1.54, 1.807) is 0 Å². The van der Waals surface area contributed by atoms with E-state index >= 15 is 0 Å². The quantitative estimate of drug-likeness (QED) is 0.624. The molecule has 0 atom stereocenters. The second kappa shape index (κ2) is 5.34. The molecule has 0 fully saturated rings. The lowest BCUT2D eigenvalue weighted by Crippen LogP contribution is -2.06. The summed E-state index contributed by atoms with van der Waals surface area (Å²) >= 11 is 0. The Hall–Kier alpha value is -1.04. The van der Waals surface area contributed by atoms with Gasteiger partial charge in [-0.2, -0.15) is 0 Å². The van der Waals surface area contributed by atoms with E-state index in [1.165, 1.54) is 23.1 Å². The van der Waals surface area contributed by atoms with Crippen molar-refractivity contribution < 1.29 is 0 Å². The molecule has 0 heteroatoms. The molecule has 0 N–H and O–H groups in total. The van der Waals surface area contributed by atoms with E-state index in [4.69, 9.17) is 0 Å². The average molecular weight is 216 g/mol. The largest absolute Gasteiger partial charge is 0.0735 e. The number of rotatable bonds is 3. The molecule has 1 aromatic carbocycles. The van der Waals surface area contributed by atoms with Gasteiger partial charge in [0, 0.05) is 0 Å². The molecule has 0 radical (unpaired) electrons. The van der Waals surface area contributed by atoms with Crippen molar-refractivity contribution in [3.8, 4) is 0 Å². The van der Waals surface area contributed by atoms with Crippen LogP contribution >= 0.6 is 0 Å². The van der Waals surface area contributed by atoms with E-state index in [-0.39, 0.29) is 0 Å². The first-order valence-electron chi connectivity index (χ1n) is 6.07. The minimum Gasteiger partial charge on any atom is -0.0735 e. The highest BCUT2D eigenvalue weighted by atomic mass is 14.2. The van der Waals surface area contributed by atoms with Crippen molar-refractivity contribution in [2.75, 3.05) is 0 Å². The van der Waals surface area contributed by atoms with Crippen molar-refractivity contribution in [3.05, 3.63) is 47.0 Å². The fourth-order valence-electron chi connectivity index (χ4n) is 2.00. The zero-order chi connectivity index (χ0) is 12.2. The van der Waals surface area contributed by atoms with Gasteiger partial charge < -0.3 is 0 Å². The molecule has 0 aliphatic carbocycles. The maximum Gasteiger partial charge on any atom is -0.00673 e. The van der Waals surface area contributed by atoms with E-state index in [2.05, 4.69) is 65.0 Å². The van der Waals surface area contributed by atoms with Crippen LogP contribution in [0.1, 0.15) is 46.6 Å². The van der Waals surface area contributed by atoms with E-state index in [9.17, 15) is 0 Å². The van der Waals surface area contributed by atoms with Crippen molar-refractivity contribution in [3.63, 3.8) is 0 Å². The maximum absolute atomic E-state index is 2.30. The lowest BCUT2D eigenvalue weighted by atomic mass is 9.86. The second-order valence-electron chi connectivity index (χ2n) is 5.96. The molecule has 0 heterocycles. The molecule has 0 saturated carbocycles. The zero-order valence-corrected chi connectivity index (χ0v) is 11.3. The monoisotopic (exact) mass is 216 g/mol. The van der Waals surface area contributed by atoms with Crippen molar-refractivity contribution >= 4 is 0 Å². The minimum absolute atomic E-state index is 0.391. The molecule has 0 bridgehead atoms. The van der Waals surface area contributed by atoms with Gasteiger partial charge in [-0.15, -0.1) is 0 Å². The molecule has 0 aliphatic rings. The van der Waals surface area contributed by atoms with E-state index in [1.807, 2.05) is 0 Å². The first-order valence-corrected chi connectivity index (χ1v) is 6.07. The molecule has 16 heavy (non-hydrogen) atoms. The lowest BCUT2D eigenvalue weighted by molar-refractivity contribution is 0.408. The third-order valence-electron chi connectivity index (χ3n) is 2.84.